The highest BCUT2D eigenvalue weighted by Crippen LogP contribution is 2.41. The van der Waals surface area contributed by atoms with Crippen LogP contribution in [0.5, 0.6) is 0 Å². The molecular weight excluding hydrogens is 318 g/mol. The van der Waals surface area contributed by atoms with Crippen LogP contribution in [0.4, 0.5) is 0 Å². The molecule has 4 heterocycles. The van der Waals surface area contributed by atoms with Gasteiger partial charge < -0.3 is 19.0 Å². The molecule has 0 radical (unpaired) electrons. The van der Waals surface area contributed by atoms with Crippen molar-refractivity contribution in [1.29, 1.82) is 0 Å². The Labute approximate surface area is 147 Å². The lowest BCUT2D eigenvalue weighted by Crippen LogP contribution is -2.43. The minimum atomic E-state index is -0.0207. The van der Waals surface area contributed by atoms with Crippen LogP contribution in [0.25, 0.3) is 0 Å². The predicted octanol–water partition coefficient (Wildman–Crippen LogP) is 1.80. The first-order valence-corrected chi connectivity index (χ1v) is 8.81. The van der Waals surface area contributed by atoms with Gasteiger partial charge in [0.2, 0.25) is 0 Å². The summed E-state index contributed by atoms with van der Waals surface area (Å²) in [7, 11) is 1.89. The number of fused-ring (bicyclic) bond motifs is 1. The quantitative estimate of drug-likeness (QED) is 0.899. The minimum Gasteiger partial charge on any atom is -0.465 e. The van der Waals surface area contributed by atoms with Gasteiger partial charge in [-0.2, -0.15) is 0 Å². The second-order valence-electron chi connectivity index (χ2n) is 7.44. The first-order valence-electron chi connectivity index (χ1n) is 8.81. The molecule has 1 amide bonds. The zero-order valence-electron chi connectivity index (χ0n) is 14.8. The van der Waals surface area contributed by atoms with Gasteiger partial charge in [-0.1, -0.05) is 0 Å². The Morgan fingerprint density at radius 3 is 3.00 bits per heavy atom. The van der Waals surface area contributed by atoms with Crippen molar-refractivity contribution in [2.75, 3.05) is 32.8 Å². The van der Waals surface area contributed by atoms with Crippen LogP contribution < -0.4 is 5.32 Å². The maximum absolute atomic E-state index is 12.4. The molecule has 2 aromatic heterocycles. The molecule has 6 heteroatoms. The van der Waals surface area contributed by atoms with Crippen LogP contribution in [0.1, 0.15) is 22.0 Å². The number of hydrogen-bond acceptors (Lipinski definition) is 4. The third kappa shape index (κ3) is 3.12. The SMILES string of the molecule is Cc1ccc(CN2C[C@@H]3COC[C@]3(CNC(=O)c3cccn3C)C2)o1. The Morgan fingerprint density at radius 2 is 2.28 bits per heavy atom. The van der Waals surface area contributed by atoms with Crippen LogP contribution in [0.15, 0.2) is 34.9 Å². The molecule has 0 unspecified atom stereocenters. The van der Waals surface area contributed by atoms with E-state index < -0.39 is 0 Å². The van der Waals surface area contributed by atoms with Gasteiger partial charge in [-0.05, 0) is 31.2 Å². The first-order chi connectivity index (χ1) is 12.1. The molecule has 0 aromatic carbocycles. The van der Waals surface area contributed by atoms with Gasteiger partial charge in [-0.25, -0.2) is 0 Å². The second kappa shape index (κ2) is 6.35. The Balaban J connectivity index is 1.41. The van der Waals surface area contributed by atoms with Crippen molar-refractivity contribution in [1.82, 2.24) is 14.8 Å². The topological polar surface area (TPSA) is 59.6 Å². The zero-order chi connectivity index (χ0) is 17.4. The standard InChI is InChI=1S/C19H25N3O3/c1-14-5-6-16(25-14)9-22-8-15-10-24-13-19(15,12-22)11-20-18(23)17-4-3-7-21(17)2/h3-7,15H,8-13H2,1-2H3,(H,20,23)/t15-,19+/m1/s1. The van der Waals surface area contributed by atoms with E-state index in [0.717, 1.165) is 37.8 Å². The van der Waals surface area contributed by atoms with Crippen LogP contribution in [-0.4, -0.2) is 48.2 Å². The molecular formula is C19H25N3O3. The van der Waals surface area contributed by atoms with Gasteiger partial charge in [-0.3, -0.25) is 9.69 Å². The fourth-order valence-corrected chi connectivity index (χ4v) is 4.15. The average molecular weight is 343 g/mol. The molecule has 2 aromatic rings. The van der Waals surface area contributed by atoms with Crippen molar-refractivity contribution in [3.63, 3.8) is 0 Å². The lowest BCUT2D eigenvalue weighted by atomic mass is 9.81. The lowest BCUT2D eigenvalue weighted by molar-refractivity contribution is 0.0894. The predicted molar refractivity (Wildman–Crippen MR) is 93.2 cm³/mol. The van der Waals surface area contributed by atoms with Crippen LogP contribution in [0, 0.1) is 18.3 Å². The Kier molecular flexibility index (Phi) is 4.17. The number of nitrogens with zero attached hydrogens (tertiary/aromatic N) is 2. The number of ether oxygens (including phenoxy) is 1. The van der Waals surface area contributed by atoms with E-state index in [2.05, 4.69) is 10.2 Å². The number of hydrogen-bond donors (Lipinski definition) is 1. The average Bonchev–Trinajstić information content (AvgIpc) is 3.30. The van der Waals surface area contributed by atoms with Crippen LogP contribution in [0.2, 0.25) is 0 Å². The Hall–Kier alpha value is -2.05. The highest BCUT2D eigenvalue weighted by atomic mass is 16.5. The molecule has 2 atom stereocenters. The molecule has 134 valence electrons. The number of amides is 1. The Bertz CT molecular complexity index is 766. The van der Waals surface area contributed by atoms with E-state index in [-0.39, 0.29) is 11.3 Å². The second-order valence-corrected chi connectivity index (χ2v) is 7.44. The molecule has 0 spiro atoms. The van der Waals surface area contributed by atoms with Crippen molar-refractivity contribution < 1.29 is 13.9 Å². The number of furan rings is 1. The number of carbonyl (C=O) groups is 1. The van der Waals surface area contributed by atoms with Gasteiger partial charge in [0.15, 0.2) is 0 Å². The summed E-state index contributed by atoms with van der Waals surface area (Å²) in [6, 6.07) is 7.78. The normalized spacial score (nSPS) is 26.1. The highest BCUT2D eigenvalue weighted by Gasteiger charge is 2.50. The number of rotatable bonds is 5. The van der Waals surface area contributed by atoms with E-state index in [9.17, 15) is 4.79 Å². The third-order valence-corrected chi connectivity index (χ3v) is 5.54. The van der Waals surface area contributed by atoms with Gasteiger partial charge in [-0.15, -0.1) is 0 Å². The molecule has 25 heavy (non-hydrogen) atoms. The molecule has 2 saturated heterocycles. The largest absolute Gasteiger partial charge is 0.465 e. The summed E-state index contributed by atoms with van der Waals surface area (Å²) in [5.41, 5.74) is 0.690. The first kappa shape index (κ1) is 16.4. The fraction of sp³-hybridized carbons (Fsp3) is 0.526. The fourth-order valence-electron chi connectivity index (χ4n) is 4.15. The summed E-state index contributed by atoms with van der Waals surface area (Å²) >= 11 is 0. The molecule has 2 fully saturated rings. The van der Waals surface area contributed by atoms with Crippen molar-refractivity contribution in [3.8, 4) is 0 Å². The lowest BCUT2D eigenvalue weighted by Gasteiger charge is -2.27. The summed E-state index contributed by atoms with van der Waals surface area (Å²) < 4.78 is 13.3. The monoisotopic (exact) mass is 343 g/mol. The van der Waals surface area contributed by atoms with Gasteiger partial charge in [0.1, 0.15) is 17.2 Å². The molecule has 0 aliphatic carbocycles. The molecule has 1 N–H and O–H groups in total. The molecule has 6 nitrogen and oxygen atoms in total. The van der Waals surface area contributed by atoms with E-state index >= 15 is 0 Å². The van der Waals surface area contributed by atoms with Crippen molar-refractivity contribution in [2.24, 2.45) is 18.4 Å². The van der Waals surface area contributed by atoms with Gasteiger partial charge in [0.05, 0.1) is 19.8 Å². The molecule has 0 bridgehead atoms. The molecule has 2 aliphatic heterocycles. The minimum absolute atomic E-state index is 0.00244. The number of likely N-dealkylation sites (tertiary alicyclic amines) is 1. The highest BCUT2D eigenvalue weighted by molar-refractivity contribution is 5.92. The molecule has 0 saturated carbocycles. The van der Waals surface area contributed by atoms with Gasteiger partial charge in [0.25, 0.3) is 5.91 Å². The van der Waals surface area contributed by atoms with E-state index in [1.165, 1.54) is 0 Å². The third-order valence-electron chi connectivity index (χ3n) is 5.54. The van der Waals surface area contributed by atoms with E-state index in [1.807, 2.05) is 49.0 Å². The maximum Gasteiger partial charge on any atom is 0.267 e. The number of aromatic nitrogens is 1. The van der Waals surface area contributed by atoms with Crippen molar-refractivity contribution in [3.05, 3.63) is 47.7 Å². The maximum atomic E-state index is 12.4. The van der Waals surface area contributed by atoms with Crippen molar-refractivity contribution >= 4 is 5.91 Å². The smallest absolute Gasteiger partial charge is 0.267 e. The van der Waals surface area contributed by atoms with Gasteiger partial charge in [0, 0.05) is 44.2 Å². The van der Waals surface area contributed by atoms with Crippen LogP contribution >= 0.6 is 0 Å². The Morgan fingerprint density at radius 1 is 1.40 bits per heavy atom. The van der Waals surface area contributed by atoms with E-state index in [0.29, 0.717) is 24.8 Å². The molecule has 2 aliphatic rings. The van der Waals surface area contributed by atoms with E-state index in [4.69, 9.17) is 9.15 Å². The van der Waals surface area contributed by atoms with Crippen LogP contribution in [-0.2, 0) is 18.3 Å². The van der Waals surface area contributed by atoms with Gasteiger partial charge >= 0.3 is 0 Å². The zero-order valence-corrected chi connectivity index (χ0v) is 14.8. The summed E-state index contributed by atoms with van der Waals surface area (Å²) in [5, 5.41) is 3.13. The summed E-state index contributed by atoms with van der Waals surface area (Å²) in [5.74, 6) is 2.38. The number of aryl methyl sites for hydroxylation is 2. The van der Waals surface area contributed by atoms with E-state index in [1.54, 1.807) is 0 Å². The summed E-state index contributed by atoms with van der Waals surface area (Å²) in [4.78, 5) is 14.9. The van der Waals surface area contributed by atoms with Crippen LogP contribution in [0.3, 0.4) is 0 Å². The summed E-state index contributed by atoms with van der Waals surface area (Å²) in [6.45, 7) is 6.82. The summed E-state index contributed by atoms with van der Waals surface area (Å²) in [6.07, 6.45) is 1.89. The number of carbonyl (C=O) groups excluding carboxylic acids is 1. The molecule has 4 rings (SSSR count). The number of nitrogens with one attached hydrogen (secondary N) is 1. The van der Waals surface area contributed by atoms with Crippen molar-refractivity contribution in [2.45, 2.75) is 13.5 Å².